The smallest absolute Gasteiger partial charge is 0.281 e. The maximum atomic E-state index is 13.2. The molecule has 0 heterocycles. The number of nitrogens with zero attached hydrogens (tertiary/aromatic N) is 1. The van der Waals surface area contributed by atoms with Gasteiger partial charge in [-0.25, -0.2) is 5.43 Å². The van der Waals surface area contributed by atoms with Crippen LogP contribution in [0.15, 0.2) is 108 Å². The molecule has 0 aliphatic carbocycles. The Hall–Kier alpha value is -4.13. The van der Waals surface area contributed by atoms with E-state index in [0.29, 0.717) is 33.2 Å². The molecule has 4 aromatic carbocycles. The predicted octanol–water partition coefficient (Wildman–Crippen LogP) is 5.31. The molecule has 0 aromatic heterocycles. The molecule has 4 aromatic rings. The van der Waals surface area contributed by atoms with E-state index < -0.39 is 11.5 Å². The number of carbonyl (C=O) groups is 1. The molecule has 0 aliphatic heterocycles. The number of methoxy groups -OCH3 is 1. The number of benzene rings is 4. The van der Waals surface area contributed by atoms with E-state index in [1.165, 1.54) is 6.21 Å². The van der Waals surface area contributed by atoms with Gasteiger partial charge >= 0.3 is 0 Å². The standard InChI is InChI=1S/C29H25ClN2O4/c1-35-26-17-16-21(18-27(26)36-20-22-10-8-9-15-25(22)30)19-31-32-28(33)29(34,23-11-4-2-5-12-23)24-13-6-3-7-14-24/h2-19,34H,20H2,1H3,(H,32,33)/b31-19-. The number of aliphatic hydroxyl groups is 1. The normalized spacial score (nSPS) is 11.3. The quantitative estimate of drug-likeness (QED) is 0.241. The van der Waals surface area contributed by atoms with Crippen LogP contribution in [0, 0.1) is 0 Å². The van der Waals surface area contributed by atoms with Crippen LogP contribution in [0.4, 0.5) is 0 Å². The Balaban J connectivity index is 1.52. The van der Waals surface area contributed by atoms with Gasteiger partial charge in [-0.05, 0) is 41.0 Å². The van der Waals surface area contributed by atoms with Gasteiger partial charge in [-0.3, -0.25) is 4.79 Å². The molecular weight excluding hydrogens is 476 g/mol. The molecular formula is C29H25ClN2O4. The molecule has 0 saturated heterocycles. The van der Waals surface area contributed by atoms with E-state index in [4.69, 9.17) is 21.1 Å². The molecule has 2 N–H and O–H groups in total. The highest BCUT2D eigenvalue weighted by Gasteiger charge is 2.39. The molecule has 0 atom stereocenters. The molecule has 0 aliphatic rings. The Bertz CT molecular complexity index is 1300. The van der Waals surface area contributed by atoms with Crippen molar-refractivity contribution >= 4 is 23.7 Å². The molecule has 6 nitrogen and oxygen atoms in total. The number of hydrogen-bond acceptors (Lipinski definition) is 5. The zero-order chi connectivity index (χ0) is 25.4. The summed E-state index contributed by atoms with van der Waals surface area (Å²) in [5.41, 5.74) is 2.93. The van der Waals surface area contributed by atoms with E-state index in [0.717, 1.165) is 5.56 Å². The summed E-state index contributed by atoms with van der Waals surface area (Å²) < 4.78 is 11.3. The molecule has 0 unspecified atom stereocenters. The number of halogens is 1. The Morgan fingerprint density at radius 2 is 1.53 bits per heavy atom. The summed E-state index contributed by atoms with van der Waals surface area (Å²) in [6, 6.07) is 30.2. The maximum absolute atomic E-state index is 13.2. The Morgan fingerprint density at radius 3 is 2.14 bits per heavy atom. The first kappa shape index (κ1) is 25.0. The number of amides is 1. The topological polar surface area (TPSA) is 80.2 Å². The van der Waals surface area contributed by atoms with Gasteiger partial charge < -0.3 is 14.6 Å². The van der Waals surface area contributed by atoms with Crippen LogP contribution in [0.25, 0.3) is 0 Å². The van der Waals surface area contributed by atoms with Gasteiger partial charge in [0.05, 0.1) is 13.3 Å². The second-order valence-corrected chi connectivity index (χ2v) is 8.34. The molecule has 4 rings (SSSR count). The van der Waals surface area contributed by atoms with E-state index in [2.05, 4.69) is 10.5 Å². The van der Waals surface area contributed by atoms with Crippen LogP contribution in [0.5, 0.6) is 11.5 Å². The number of rotatable bonds is 9. The molecule has 182 valence electrons. The van der Waals surface area contributed by atoms with Crippen LogP contribution in [0.3, 0.4) is 0 Å². The van der Waals surface area contributed by atoms with Gasteiger partial charge in [0, 0.05) is 10.6 Å². The van der Waals surface area contributed by atoms with Gasteiger partial charge in [-0.2, -0.15) is 5.10 Å². The molecule has 0 spiro atoms. The van der Waals surface area contributed by atoms with Crippen molar-refractivity contribution in [2.45, 2.75) is 12.2 Å². The Kier molecular flexibility index (Phi) is 8.00. The third-order valence-electron chi connectivity index (χ3n) is 5.62. The number of hydrogen-bond donors (Lipinski definition) is 2. The summed E-state index contributed by atoms with van der Waals surface area (Å²) in [5.74, 6) is 0.364. The van der Waals surface area contributed by atoms with Crippen molar-refractivity contribution < 1.29 is 19.4 Å². The molecule has 0 saturated carbocycles. The van der Waals surface area contributed by atoms with Crippen molar-refractivity contribution in [3.63, 3.8) is 0 Å². The highest BCUT2D eigenvalue weighted by atomic mass is 35.5. The molecule has 36 heavy (non-hydrogen) atoms. The molecule has 7 heteroatoms. The van der Waals surface area contributed by atoms with Crippen LogP contribution in [0.2, 0.25) is 5.02 Å². The van der Waals surface area contributed by atoms with Crippen molar-refractivity contribution in [1.82, 2.24) is 5.43 Å². The van der Waals surface area contributed by atoms with Crippen LogP contribution in [-0.2, 0) is 17.0 Å². The van der Waals surface area contributed by atoms with Crippen molar-refractivity contribution in [3.8, 4) is 11.5 Å². The number of carbonyl (C=O) groups excluding carboxylic acids is 1. The summed E-state index contributed by atoms with van der Waals surface area (Å²) in [5, 5.41) is 16.2. The minimum Gasteiger partial charge on any atom is -0.493 e. The van der Waals surface area contributed by atoms with Crippen molar-refractivity contribution in [2.75, 3.05) is 7.11 Å². The zero-order valence-corrected chi connectivity index (χ0v) is 20.4. The predicted molar refractivity (Wildman–Crippen MR) is 140 cm³/mol. The van der Waals surface area contributed by atoms with E-state index in [1.54, 1.807) is 79.9 Å². The lowest BCUT2D eigenvalue weighted by atomic mass is 9.85. The lowest BCUT2D eigenvalue weighted by Gasteiger charge is -2.27. The van der Waals surface area contributed by atoms with Gasteiger partial charge in [-0.1, -0.05) is 90.5 Å². The van der Waals surface area contributed by atoms with E-state index in [-0.39, 0.29) is 6.61 Å². The van der Waals surface area contributed by atoms with E-state index >= 15 is 0 Å². The van der Waals surface area contributed by atoms with E-state index in [9.17, 15) is 9.90 Å². The summed E-state index contributed by atoms with van der Waals surface area (Å²) in [7, 11) is 1.56. The number of hydrazone groups is 1. The minimum atomic E-state index is -1.91. The monoisotopic (exact) mass is 500 g/mol. The number of ether oxygens (including phenoxy) is 2. The highest BCUT2D eigenvalue weighted by Crippen LogP contribution is 2.31. The fourth-order valence-electron chi connectivity index (χ4n) is 3.69. The SMILES string of the molecule is COc1ccc(/C=N\NC(=O)C(O)(c2ccccc2)c2ccccc2)cc1OCc1ccccc1Cl. The summed E-state index contributed by atoms with van der Waals surface area (Å²) >= 11 is 6.23. The van der Waals surface area contributed by atoms with Gasteiger partial charge in [0.25, 0.3) is 5.91 Å². The third kappa shape index (κ3) is 5.57. The molecule has 0 radical (unpaired) electrons. The second-order valence-electron chi connectivity index (χ2n) is 7.93. The first-order valence-electron chi connectivity index (χ1n) is 11.2. The average Bonchev–Trinajstić information content (AvgIpc) is 2.93. The molecule has 0 bridgehead atoms. The highest BCUT2D eigenvalue weighted by molar-refractivity contribution is 6.31. The van der Waals surface area contributed by atoms with Gasteiger partial charge in [0.15, 0.2) is 17.1 Å². The van der Waals surface area contributed by atoms with Crippen LogP contribution in [-0.4, -0.2) is 24.3 Å². The maximum Gasteiger partial charge on any atom is 0.281 e. The van der Waals surface area contributed by atoms with Crippen LogP contribution < -0.4 is 14.9 Å². The van der Waals surface area contributed by atoms with Gasteiger partial charge in [0.2, 0.25) is 0 Å². The van der Waals surface area contributed by atoms with Crippen LogP contribution >= 0.6 is 11.6 Å². The van der Waals surface area contributed by atoms with Gasteiger partial charge in [-0.15, -0.1) is 0 Å². The fourth-order valence-corrected chi connectivity index (χ4v) is 3.88. The summed E-state index contributed by atoms with van der Waals surface area (Å²) in [6.07, 6.45) is 1.47. The lowest BCUT2D eigenvalue weighted by molar-refractivity contribution is -0.136. The average molecular weight is 501 g/mol. The van der Waals surface area contributed by atoms with Gasteiger partial charge in [0.1, 0.15) is 6.61 Å². The zero-order valence-electron chi connectivity index (χ0n) is 19.6. The lowest BCUT2D eigenvalue weighted by Crippen LogP contribution is -2.43. The third-order valence-corrected chi connectivity index (χ3v) is 5.99. The number of nitrogens with one attached hydrogen (secondary N) is 1. The summed E-state index contributed by atoms with van der Waals surface area (Å²) in [6.45, 7) is 0.258. The Morgan fingerprint density at radius 1 is 0.917 bits per heavy atom. The van der Waals surface area contributed by atoms with Crippen molar-refractivity contribution in [3.05, 3.63) is 130 Å². The van der Waals surface area contributed by atoms with Crippen molar-refractivity contribution in [2.24, 2.45) is 5.10 Å². The van der Waals surface area contributed by atoms with Crippen LogP contribution in [0.1, 0.15) is 22.3 Å². The minimum absolute atomic E-state index is 0.258. The second kappa shape index (κ2) is 11.5. The fraction of sp³-hybridized carbons (Fsp3) is 0.103. The van der Waals surface area contributed by atoms with E-state index in [1.807, 2.05) is 30.3 Å². The Labute approximate surface area is 214 Å². The van der Waals surface area contributed by atoms with Crippen molar-refractivity contribution in [1.29, 1.82) is 0 Å². The first-order valence-corrected chi connectivity index (χ1v) is 11.6. The first-order chi connectivity index (χ1) is 17.5. The largest absolute Gasteiger partial charge is 0.493 e. The summed E-state index contributed by atoms with van der Waals surface area (Å²) in [4.78, 5) is 13.2. The molecule has 0 fully saturated rings. The molecule has 1 amide bonds.